The predicted octanol–water partition coefficient (Wildman–Crippen LogP) is 3.54. The highest BCUT2D eigenvalue weighted by atomic mass is 16.5. The van der Waals surface area contributed by atoms with Gasteiger partial charge in [0.05, 0.1) is 19.3 Å². The predicted molar refractivity (Wildman–Crippen MR) is 72.6 cm³/mol. The zero-order valence-corrected chi connectivity index (χ0v) is 10.5. The first-order valence-corrected chi connectivity index (χ1v) is 6.59. The van der Waals surface area contributed by atoms with Gasteiger partial charge >= 0.3 is 0 Å². The van der Waals surface area contributed by atoms with E-state index in [9.17, 15) is 0 Å². The molecule has 1 atom stereocenters. The minimum Gasteiger partial charge on any atom is -0.376 e. The van der Waals surface area contributed by atoms with Crippen molar-refractivity contribution >= 4 is 10.8 Å². The molecule has 0 N–H and O–H groups in total. The van der Waals surface area contributed by atoms with Crippen LogP contribution >= 0.6 is 0 Å². The van der Waals surface area contributed by atoms with Gasteiger partial charge < -0.3 is 9.47 Å². The second-order valence-corrected chi connectivity index (χ2v) is 4.79. The second-order valence-electron chi connectivity index (χ2n) is 4.79. The molecule has 1 unspecified atom stereocenters. The van der Waals surface area contributed by atoms with E-state index >= 15 is 0 Å². The molecule has 0 spiro atoms. The number of hydrogen-bond acceptors (Lipinski definition) is 2. The lowest BCUT2D eigenvalue weighted by molar-refractivity contribution is 0.0109. The van der Waals surface area contributed by atoms with E-state index in [1.54, 1.807) is 0 Å². The summed E-state index contributed by atoms with van der Waals surface area (Å²) in [5.74, 6) is 0. The second kappa shape index (κ2) is 5.51. The van der Waals surface area contributed by atoms with Crippen molar-refractivity contribution in [2.45, 2.75) is 25.6 Å². The van der Waals surface area contributed by atoms with E-state index < -0.39 is 0 Å². The van der Waals surface area contributed by atoms with Crippen molar-refractivity contribution in [1.82, 2.24) is 0 Å². The summed E-state index contributed by atoms with van der Waals surface area (Å²) in [5.41, 5.74) is 1.26. The third kappa shape index (κ3) is 2.55. The molecular weight excluding hydrogens is 224 g/mol. The molecule has 0 bridgehead atoms. The molecule has 94 valence electrons. The summed E-state index contributed by atoms with van der Waals surface area (Å²) in [4.78, 5) is 0. The summed E-state index contributed by atoms with van der Waals surface area (Å²) in [6.07, 6.45) is 2.61. The van der Waals surface area contributed by atoms with Crippen LogP contribution in [-0.4, -0.2) is 19.3 Å². The summed E-state index contributed by atoms with van der Waals surface area (Å²) < 4.78 is 11.3. The van der Waals surface area contributed by atoms with Crippen LogP contribution < -0.4 is 0 Å². The van der Waals surface area contributed by atoms with E-state index in [0.717, 1.165) is 13.0 Å². The Morgan fingerprint density at radius 2 is 2.00 bits per heavy atom. The number of ether oxygens (including phenoxy) is 2. The van der Waals surface area contributed by atoms with Gasteiger partial charge in [0.1, 0.15) is 0 Å². The van der Waals surface area contributed by atoms with Gasteiger partial charge in [-0.2, -0.15) is 0 Å². The van der Waals surface area contributed by atoms with E-state index in [0.29, 0.717) is 19.3 Å². The molecule has 0 aromatic heterocycles. The van der Waals surface area contributed by atoms with Crippen LogP contribution in [0.2, 0.25) is 0 Å². The van der Waals surface area contributed by atoms with Crippen molar-refractivity contribution in [3.63, 3.8) is 0 Å². The van der Waals surface area contributed by atoms with Crippen LogP contribution in [0.4, 0.5) is 0 Å². The largest absolute Gasteiger partial charge is 0.376 e. The van der Waals surface area contributed by atoms with E-state index in [1.807, 2.05) is 0 Å². The number of benzene rings is 2. The third-order valence-corrected chi connectivity index (χ3v) is 3.47. The van der Waals surface area contributed by atoms with Gasteiger partial charge in [0.15, 0.2) is 0 Å². The molecule has 1 fully saturated rings. The lowest BCUT2D eigenvalue weighted by Crippen LogP contribution is -2.13. The molecule has 0 amide bonds. The minimum atomic E-state index is 0.306. The molecule has 1 aliphatic heterocycles. The molecule has 2 aromatic carbocycles. The molecule has 0 aliphatic carbocycles. The van der Waals surface area contributed by atoms with Crippen molar-refractivity contribution in [3.05, 3.63) is 48.0 Å². The highest BCUT2D eigenvalue weighted by molar-refractivity contribution is 5.85. The molecule has 3 rings (SSSR count). The van der Waals surface area contributed by atoms with E-state index in [1.165, 1.54) is 22.8 Å². The number of hydrogen-bond donors (Lipinski definition) is 0. The highest BCUT2D eigenvalue weighted by Crippen LogP contribution is 2.20. The molecule has 1 heterocycles. The standard InChI is InChI=1S/C16H18O2/c1-2-9-16-13(5-1)6-3-7-14(16)11-17-12-15-8-4-10-18-15/h1-3,5-7,9,15H,4,8,10-12H2. The van der Waals surface area contributed by atoms with Gasteiger partial charge in [-0.05, 0) is 29.2 Å². The Labute approximate surface area is 108 Å². The monoisotopic (exact) mass is 242 g/mol. The Kier molecular flexibility index (Phi) is 3.58. The molecule has 0 radical (unpaired) electrons. The van der Waals surface area contributed by atoms with Crippen LogP contribution in [0.15, 0.2) is 42.5 Å². The van der Waals surface area contributed by atoms with Crippen molar-refractivity contribution in [1.29, 1.82) is 0 Å². The Hall–Kier alpha value is -1.38. The average Bonchev–Trinajstić information content (AvgIpc) is 2.92. The summed E-state index contributed by atoms with van der Waals surface area (Å²) in [6, 6.07) is 14.8. The van der Waals surface area contributed by atoms with Gasteiger partial charge in [-0.25, -0.2) is 0 Å². The van der Waals surface area contributed by atoms with Gasteiger partial charge in [-0.15, -0.1) is 0 Å². The van der Waals surface area contributed by atoms with Crippen molar-refractivity contribution in [2.75, 3.05) is 13.2 Å². The maximum atomic E-state index is 5.79. The van der Waals surface area contributed by atoms with Crippen LogP contribution in [0, 0.1) is 0 Å². The van der Waals surface area contributed by atoms with Gasteiger partial charge in [-0.1, -0.05) is 42.5 Å². The zero-order chi connectivity index (χ0) is 12.2. The van der Waals surface area contributed by atoms with E-state index in [-0.39, 0.29) is 0 Å². The summed E-state index contributed by atoms with van der Waals surface area (Å²) in [5, 5.41) is 2.56. The number of rotatable bonds is 4. The minimum absolute atomic E-state index is 0.306. The summed E-state index contributed by atoms with van der Waals surface area (Å²) in [7, 11) is 0. The summed E-state index contributed by atoms with van der Waals surface area (Å²) >= 11 is 0. The average molecular weight is 242 g/mol. The normalized spacial score (nSPS) is 19.4. The lowest BCUT2D eigenvalue weighted by atomic mass is 10.1. The first-order valence-electron chi connectivity index (χ1n) is 6.59. The van der Waals surface area contributed by atoms with Crippen LogP contribution in [-0.2, 0) is 16.1 Å². The van der Waals surface area contributed by atoms with E-state index in [4.69, 9.17) is 9.47 Å². The van der Waals surface area contributed by atoms with Crippen LogP contribution in [0.3, 0.4) is 0 Å². The maximum absolute atomic E-state index is 5.79. The summed E-state index contributed by atoms with van der Waals surface area (Å²) in [6.45, 7) is 2.27. The Balaban J connectivity index is 1.66. The topological polar surface area (TPSA) is 18.5 Å². The van der Waals surface area contributed by atoms with Crippen molar-refractivity contribution in [2.24, 2.45) is 0 Å². The Bertz CT molecular complexity index is 510. The van der Waals surface area contributed by atoms with Crippen LogP contribution in [0.25, 0.3) is 10.8 Å². The fourth-order valence-corrected chi connectivity index (χ4v) is 2.49. The van der Waals surface area contributed by atoms with Crippen molar-refractivity contribution < 1.29 is 9.47 Å². The van der Waals surface area contributed by atoms with Gasteiger partial charge in [0.2, 0.25) is 0 Å². The van der Waals surface area contributed by atoms with Crippen LogP contribution in [0.5, 0.6) is 0 Å². The lowest BCUT2D eigenvalue weighted by Gasteiger charge is -2.11. The molecule has 2 aromatic rings. The highest BCUT2D eigenvalue weighted by Gasteiger charge is 2.15. The molecule has 1 saturated heterocycles. The van der Waals surface area contributed by atoms with E-state index in [2.05, 4.69) is 42.5 Å². The molecule has 2 heteroatoms. The van der Waals surface area contributed by atoms with Crippen LogP contribution in [0.1, 0.15) is 18.4 Å². The molecule has 1 aliphatic rings. The molecule has 2 nitrogen and oxygen atoms in total. The molecular formula is C16H18O2. The maximum Gasteiger partial charge on any atom is 0.0809 e. The fourth-order valence-electron chi connectivity index (χ4n) is 2.49. The molecule has 18 heavy (non-hydrogen) atoms. The number of fused-ring (bicyclic) bond motifs is 1. The quantitative estimate of drug-likeness (QED) is 0.816. The SMILES string of the molecule is c1ccc2c(COCC3CCCO3)cccc2c1. The van der Waals surface area contributed by atoms with Gasteiger partial charge in [0, 0.05) is 6.61 Å². The first kappa shape index (κ1) is 11.7. The Morgan fingerprint density at radius 1 is 1.11 bits per heavy atom. The van der Waals surface area contributed by atoms with Gasteiger partial charge in [-0.3, -0.25) is 0 Å². The first-order chi connectivity index (χ1) is 8.93. The Morgan fingerprint density at radius 3 is 2.89 bits per heavy atom. The smallest absolute Gasteiger partial charge is 0.0809 e. The van der Waals surface area contributed by atoms with Gasteiger partial charge in [0.25, 0.3) is 0 Å². The third-order valence-electron chi connectivity index (χ3n) is 3.47. The van der Waals surface area contributed by atoms with Crippen molar-refractivity contribution in [3.8, 4) is 0 Å². The molecule has 0 saturated carbocycles. The zero-order valence-electron chi connectivity index (χ0n) is 10.5. The fraction of sp³-hybridized carbons (Fsp3) is 0.375.